The first kappa shape index (κ1) is 8.54. The standard InChI is InChI=1S/C9H4BrNOS/c10-9-6-2-1-5(12)3-7(6)13-8(9)4-11/h1-3,12H. The second-order valence-corrected chi connectivity index (χ2v) is 4.38. The monoisotopic (exact) mass is 253 g/mol. The molecule has 1 aromatic carbocycles. The van der Waals surface area contributed by atoms with Crippen LogP contribution in [0.25, 0.3) is 10.1 Å². The zero-order valence-electron chi connectivity index (χ0n) is 6.41. The quantitative estimate of drug-likeness (QED) is 0.784. The second-order valence-electron chi connectivity index (χ2n) is 2.54. The van der Waals surface area contributed by atoms with E-state index in [0.29, 0.717) is 4.88 Å². The van der Waals surface area contributed by atoms with Gasteiger partial charge >= 0.3 is 0 Å². The maximum Gasteiger partial charge on any atom is 0.120 e. The number of aromatic hydroxyl groups is 1. The van der Waals surface area contributed by atoms with Crippen molar-refractivity contribution in [2.24, 2.45) is 0 Å². The fourth-order valence-corrected chi connectivity index (χ4v) is 2.86. The molecule has 0 saturated heterocycles. The number of hydrogen-bond donors (Lipinski definition) is 1. The Bertz CT molecular complexity index is 512. The number of rotatable bonds is 0. The normalized spacial score (nSPS) is 10.2. The van der Waals surface area contributed by atoms with E-state index in [1.165, 1.54) is 11.3 Å². The van der Waals surface area contributed by atoms with Gasteiger partial charge in [0.2, 0.25) is 0 Å². The SMILES string of the molecule is N#Cc1sc2cc(O)ccc2c1Br. The van der Waals surface area contributed by atoms with Crippen molar-refractivity contribution in [1.82, 2.24) is 0 Å². The average molecular weight is 254 g/mol. The van der Waals surface area contributed by atoms with Crippen LogP contribution in [0.15, 0.2) is 22.7 Å². The molecule has 13 heavy (non-hydrogen) atoms. The van der Waals surface area contributed by atoms with Crippen LogP contribution in [0.5, 0.6) is 5.75 Å². The molecule has 64 valence electrons. The first-order valence-corrected chi connectivity index (χ1v) is 5.14. The van der Waals surface area contributed by atoms with E-state index < -0.39 is 0 Å². The van der Waals surface area contributed by atoms with E-state index >= 15 is 0 Å². The summed E-state index contributed by atoms with van der Waals surface area (Å²) in [5.74, 6) is 0.228. The van der Waals surface area contributed by atoms with Gasteiger partial charge in [-0.05, 0) is 34.1 Å². The summed E-state index contributed by atoms with van der Waals surface area (Å²) in [5.41, 5.74) is 0. The fraction of sp³-hybridized carbons (Fsp3) is 0. The van der Waals surface area contributed by atoms with E-state index in [2.05, 4.69) is 22.0 Å². The van der Waals surface area contributed by atoms with E-state index in [1.807, 2.05) is 0 Å². The number of fused-ring (bicyclic) bond motifs is 1. The molecular formula is C9H4BrNOS. The Hall–Kier alpha value is -1.05. The Morgan fingerprint density at radius 3 is 2.92 bits per heavy atom. The van der Waals surface area contributed by atoms with Gasteiger partial charge in [-0.15, -0.1) is 11.3 Å². The van der Waals surface area contributed by atoms with Crippen LogP contribution in [0.2, 0.25) is 0 Å². The van der Waals surface area contributed by atoms with Crippen molar-refractivity contribution in [3.05, 3.63) is 27.5 Å². The molecule has 0 aliphatic rings. The molecule has 1 aromatic heterocycles. The maximum absolute atomic E-state index is 9.21. The van der Waals surface area contributed by atoms with Crippen molar-refractivity contribution in [2.45, 2.75) is 0 Å². The molecule has 0 unspecified atom stereocenters. The van der Waals surface area contributed by atoms with Gasteiger partial charge in [0.05, 0.1) is 4.47 Å². The lowest BCUT2D eigenvalue weighted by molar-refractivity contribution is 0.476. The minimum atomic E-state index is 0.228. The van der Waals surface area contributed by atoms with E-state index in [1.54, 1.807) is 18.2 Å². The smallest absolute Gasteiger partial charge is 0.120 e. The van der Waals surface area contributed by atoms with E-state index in [-0.39, 0.29) is 5.75 Å². The van der Waals surface area contributed by atoms with Gasteiger partial charge in [0.15, 0.2) is 0 Å². The van der Waals surface area contributed by atoms with Gasteiger partial charge in [-0.1, -0.05) is 0 Å². The number of phenolic OH excluding ortho intramolecular Hbond substituents is 1. The average Bonchev–Trinajstić information content (AvgIpc) is 2.42. The molecule has 0 spiro atoms. The molecule has 2 nitrogen and oxygen atoms in total. The van der Waals surface area contributed by atoms with Crippen LogP contribution in [0.1, 0.15) is 4.88 Å². The molecule has 0 aliphatic heterocycles. The highest BCUT2D eigenvalue weighted by atomic mass is 79.9. The summed E-state index contributed by atoms with van der Waals surface area (Å²) in [6.07, 6.45) is 0. The summed E-state index contributed by atoms with van der Waals surface area (Å²) < 4.78 is 1.73. The maximum atomic E-state index is 9.21. The third-order valence-corrected chi connectivity index (χ3v) is 3.86. The van der Waals surface area contributed by atoms with Crippen LogP contribution in [0, 0.1) is 11.3 Å². The zero-order chi connectivity index (χ0) is 9.42. The van der Waals surface area contributed by atoms with E-state index in [0.717, 1.165) is 14.6 Å². The highest BCUT2D eigenvalue weighted by Gasteiger charge is 2.08. The number of benzene rings is 1. The Balaban J connectivity index is 2.86. The number of phenols is 1. The third kappa shape index (κ3) is 1.30. The van der Waals surface area contributed by atoms with Gasteiger partial charge < -0.3 is 5.11 Å². The number of thiophene rings is 1. The van der Waals surface area contributed by atoms with Crippen molar-refractivity contribution in [1.29, 1.82) is 5.26 Å². The van der Waals surface area contributed by atoms with Gasteiger partial charge in [0, 0.05) is 10.1 Å². The summed E-state index contributed by atoms with van der Waals surface area (Å²) in [7, 11) is 0. The molecule has 0 amide bonds. The Kier molecular flexibility index (Phi) is 1.98. The number of hydrogen-bond acceptors (Lipinski definition) is 3. The summed E-state index contributed by atoms with van der Waals surface area (Å²) in [5, 5.41) is 18.9. The molecule has 1 N–H and O–H groups in total. The lowest BCUT2D eigenvalue weighted by Crippen LogP contribution is -1.65. The summed E-state index contributed by atoms with van der Waals surface area (Å²) in [4.78, 5) is 0.639. The molecule has 0 bridgehead atoms. The van der Waals surface area contributed by atoms with Crippen LogP contribution in [0.4, 0.5) is 0 Å². The molecule has 0 aliphatic carbocycles. The first-order chi connectivity index (χ1) is 6.22. The van der Waals surface area contributed by atoms with Crippen molar-refractivity contribution >= 4 is 37.4 Å². The molecule has 4 heteroatoms. The number of nitrogens with zero attached hydrogens (tertiary/aromatic N) is 1. The minimum absolute atomic E-state index is 0.228. The Morgan fingerprint density at radius 1 is 1.46 bits per heavy atom. The molecule has 0 saturated carbocycles. The minimum Gasteiger partial charge on any atom is -0.508 e. The molecule has 0 atom stereocenters. The number of nitriles is 1. The second kappa shape index (κ2) is 3.02. The molecule has 1 heterocycles. The highest BCUT2D eigenvalue weighted by Crippen LogP contribution is 2.36. The Labute approximate surface area is 87.2 Å². The predicted molar refractivity (Wildman–Crippen MR) is 55.9 cm³/mol. The predicted octanol–water partition coefficient (Wildman–Crippen LogP) is 3.24. The van der Waals surface area contributed by atoms with Gasteiger partial charge in [-0.2, -0.15) is 5.26 Å². The zero-order valence-corrected chi connectivity index (χ0v) is 8.82. The topological polar surface area (TPSA) is 44.0 Å². The van der Waals surface area contributed by atoms with Gasteiger partial charge in [0.1, 0.15) is 16.7 Å². The lowest BCUT2D eigenvalue weighted by atomic mass is 10.2. The van der Waals surface area contributed by atoms with Crippen LogP contribution in [-0.4, -0.2) is 5.11 Å². The van der Waals surface area contributed by atoms with Crippen molar-refractivity contribution < 1.29 is 5.11 Å². The summed E-state index contributed by atoms with van der Waals surface area (Å²) in [6.45, 7) is 0. The van der Waals surface area contributed by atoms with Crippen molar-refractivity contribution in [3.63, 3.8) is 0 Å². The largest absolute Gasteiger partial charge is 0.508 e. The van der Waals surface area contributed by atoms with Crippen molar-refractivity contribution in [2.75, 3.05) is 0 Å². The van der Waals surface area contributed by atoms with E-state index in [4.69, 9.17) is 5.26 Å². The lowest BCUT2D eigenvalue weighted by Gasteiger charge is -1.90. The molecular weight excluding hydrogens is 250 g/mol. The van der Waals surface area contributed by atoms with Crippen LogP contribution >= 0.6 is 27.3 Å². The third-order valence-electron chi connectivity index (χ3n) is 1.71. The van der Waals surface area contributed by atoms with Crippen molar-refractivity contribution in [3.8, 4) is 11.8 Å². The number of halogens is 1. The molecule has 0 radical (unpaired) electrons. The van der Waals surface area contributed by atoms with Gasteiger partial charge in [-0.3, -0.25) is 0 Å². The molecule has 2 rings (SSSR count). The van der Waals surface area contributed by atoms with Crippen LogP contribution in [0.3, 0.4) is 0 Å². The highest BCUT2D eigenvalue weighted by molar-refractivity contribution is 9.10. The molecule has 2 aromatic rings. The van der Waals surface area contributed by atoms with Gasteiger partial charge in [0.25, 0.3) is 0 Å². The fourth-order valence-electron chi connectivity index (χ4n) is 1.13. The molecule has 0 fully saturated rings. The Morgan fingerprint density at radius 2 is 2.23 bits per heavy atom. The van der Waals surface area contributed by atoms with Crippen LogP contribution < -0.4 is 0 Å². The van der Waals surface area contributed by atoms with Gasteiger partial charge in [-0.25, -0.2) is 0 Å². The van der Waals surface area contributed by atoms with E-state index in [9.17, 15) is 5.11 Å². The summed E-state index contributed by atoms with van der Waals surface area (Å²) >= 11 is 4.71. The van der Waals surface area contributed by atoms with Crippen LogP contribution in [-0.2, 0) is 0 Å². The first-order valence-electron chi connectivity index (χ1n) is 3.53. The summed E-state index contributed by atoms with van der Waals surface area (Å²) in [6, 6.07) is 7.16.